The average Bonchev–Trinajstić information content (AvgIpc) is 3.60. The van der Waals surface area contributed by atoms with Gasteiger partial charge in [0.15, 0.2) is 0 Å². The van der Waals surface area contributed by atoms with Gasteiger partial charge in [0.05, 0.1) is 6.61 Å². The fraction of sp³-hybridized carbons (Fsp3) is 0.400. The van der Waals surface area contributed by atoms with E-state index in [4.69, 9.17) is 14.3 Å². The Morgan fingerprint density at radius 2 is 1.83 bits per heavy atom. The Bertz CT molecular complexity index is 1680. The molecule has 0 aliphatic heterocycles. The Balaban J connectivity index is 1.33. The molecule has 0 bridgehead atoms. The van der Waals surface area contributed by atoms with Crippen LogP contribution in [0.4, 0.5) is 4.79 Å². The number of ether oxygens (including phenoxy) is 2. The van der Waals surface area contributed by atoms with Crippen molar-refractivity contribution in [2.75, 3.05) is 32.9 Å². The van der Waals surface area contributed by atoms with Crippen LogP contribution in [0, 0.1) is 5.92 Å². The second kappa shape index (κ2) is 15.5. The third-order valence-corrected chi connectivity index (χ3v) is 7.98. The minimum Gasteiger partial charge on any atom is -0.432 e. The molecule has 1 aliphatic carbocycles. The van der Waals surface area contributed by atoms with Gasteiger partial charge in [0, 0.05) is 37.6 Å². The molecule has 0 fully saturated rings. The first-order valence-electron chi connectivity index (χ1n) is 15.9. The molecule has 11 nitrogen and oxygen atoms in total. The van der Waals surface area contributed by atoms with Crippen LogP contribution in [-0.2, 0) is 20.7 Å². The number of amides is 2. The molecule has 5 rings (SSSR count). The third kappa shape index (κ3) is 7.89. The van der Waals surface area contributed by atoms with Gasteiger partial charge in [-0.15, -0.1) is 5.10 Å². The van der Waals surface area contributed by atoms with Gasteiger partial charge >= 0.3 is 6.16 Å². The van der Waals surface area contributed by atoms with Crippen molar-refractivity contribution in [1.82, 2.24) is 25.8 Å². The van der Waals surface area contributed by atoms with Crippen molar-refractivity contribution < 1.29 is 28.7 Å². The van der Waals surface area contributed by atoms with Gasteiger partial charge in [-0.05, 0) is 83.3 Å². The first kappa shape index (κ1) is 32.6. The van der Waals surface area contributed by atoms with Crippen LogP contribution in [0.25, 0.3) is 22.2 Å². The first-order valence-corrected chi connectivity index (χ1v) is 15.9. The minimum absolute atomic E-state index is 0.0113. The smallest absolute Gasteiger partial charge is 0.432 e. The zero-order valence-electron chi connectivity index (χ0n) is 26.6. The van der Waals surface area contributed by atoms with Crippen LogP contribution >= 0.6 is 0 Å². The monoisotopic (exact) mass is 627 g/mol. The van der Waals surface area contributed by atoms with Crippen LogP contribution < -0.4 is 15.5 Å². The molecule has 0 radical (unpaired) electrons. The minimum atomic E-state index is -0.921. The van der Waals surface area contributed by atoms with Crippen molar-refractivity contribution in [3.63, 3.8) is 0 Å². The number of nitrogens with zero attached hydrogens (tertiary/aromatic N) is 3. The zero-order chi connectivity index (χ0) is 32.5. The van der Waals surface area contributed by atoms with Crippen molar-refractivity contribution in [2.45, 2.75) is 52.4 Å². The van der Waals surface area contributed by atoms with E-state index in [1.165, 1.54) is 0 Å². The Morgan fingerprint density at radius 3 is 2.65 bits per heavy atom. The third-order valence-electron chi connectivity index (χ3n) is 7.98. The molecule has 1 heterocycles. The van der Waals surface area contributed by atoms with Gasteiger partial charge in [0.2, 0.25) is 5.91 Å². The predicted octanol–water partition coefficient (Wildman–Crippen LogP) is 5.06. The maximum absolute atomic E-state index is 13.3. The zero-order valence-corrected chi connectivity index (χ0v) is 26.6. The van der Waals surface area contributed by atoms with Gasteiger partial charge in [-0.1, -0.05) is 61.2 Å². The standard InChI is InChI=1S/C35H41N5O6/c1-4-44-20-19-37-34(42)27-11-8-10-25-29(22-45-35(43)46-40-31-13-6-5-12-30(31)38-39-40)28-21-24(15-16-26(28)33(25)27)9-7-14-32(41)36-18-17-23(2)3/h5-6,8,10-13,15-16,21,23,29H,4,7,9,14,17-20,22H2,1-3H3,(H,36,41)(H,37,42). The van der Waals surface area contributed by atoms with Gasteiger partial charge in [-0.3, -0.25) is 14.4 Å². The van der Waals surface area contributed by atoms with Crippen LogP contribution in [0.1, 0.15) is 73.0 Å². The van der Waals surface area contributed by atoms with Crippen LogP contribution in [0.5, 0.6) is 0 Å². The number of hydrogen-bond acceptors (Lipinski definition) is 8. The van der Waals surface area contributed by atoms with E-state index in [0.29, 0.717) is 68.1 Å². The number of carbonyl (C=O) groups excluding carboxylic acids is 3. The number of fused-ring (bicyclic) bond motifs is 4. The summed E-state index contributed by atoms with van der Waals surface area (Å²) >= 11 is 0. The highest BCUT2D eigenvalue weighted by Gasteiger charge is 2.33. The summed E-state index contributed by atoms with van der Waals surface area (Å²) < 4.78 is 11.0. The number of aromatic nitrogens is 3. The maximum atomic E-state index is 13.3. The Hall–Kier alpha value is -4.77. The number of rotatable bonds is 15. The maximum Gasteiger partial charge on any atom is 0.535 e. The second-order valence-electron chi connectivity index (χ2n) is 11.7. The van der Waals surface area contributed by atoms with E-state index in [1.807, 2.05) is 37.3 Å². The lowest BCUT2D eigenvalue weighted by atomic mass is 9.95. The molecule has 2 amide bonds. The molecule has 0 saturated carbocycles. The van der Waals surface area contributed by atoms with Crippen LogP contribution in [-0.4, -0.2) is 66.0 Å². The molecule has 242 valence electrons. The summed E-state index contributed by atoms with van der Waals surface area (Å²) in [7, 11) is 0. The summed E-state index contributed by atoms with van der Waals surface area (Å²) in [6.07, 6.45) is 1.88. The molecule has 1 aromatic heterocycles. The summed E-state index contributed by atoms with van der Waals surface area (Å²) in [6, 6.07) is 18.9. The molecule has 1 aliphatic rings. The molecule has 46 heavy (non-hydrogen) atoms. The van der Waals surface area contributed by atoms with E-state index in [0.717, 1.165) is 39.1 Å². The van der Waals surface area contributed by atoms with Gasteiger partial charge in [-0.2, -0.15) is 0 Å². The molecule has 4 aromatic rings. The molecular weight excluding hydrogens is 586 g/mol. The lowest BCUT2D eigenvalue weighted by Crippen LogP contribution is -2.27. The van der Waals surface area contributed by atoms with Crippen LogP contribution in [0.15, 0.2) is 60.7 Å². The van der Waals surface area contributed by atoms with Crippen molar-refractivity contribution >= 4 is 29.0 Å². The number of benzene rings is 3. The highest BCUT2D eigenvalue weighted by molar-refractivity contribution is 6.03. The van der Waals surface area contributed by atoms with E-state index < -0.39 is 6.16 Å². The Labute approximate surface area is 268 Å². The Kier molecular flexibility index (Phi) is 11.0. The molecule has 2 N–H and O–H groups in total. The summed E-state index contributed by atoms with van der Waals surface area (Å²) in [6.45, 7) is 8.24. The van der Waals surface area contributed by atoms with Gasteiger partial charge in [0.1, 0.15) is 17.6 Å². The summed E-state index contributed by atoms with van der Waals surface area (Å²) in [5.74, 6) is 0.0625. The lowest BCUT2D eigenvalue weighted by molar-refractivity contribution is -0.121. The summed E-state index contributed by atoms with van der Waals surface area (Å²) in [5, 5.41) is 13.8. The summed E-state index contributed by atoms with van der Waals surface area (Å²) in [5.41, 5.74) is 6.27. The normalized spacial score (nSPS) is 13.3. The second-order valence-corrected chi connectivity index (χ2v) is 11.7. The number of aryl methyl sites for hydroxylation is 1. The molecule has 0 spiro atoms. The molecule has 0 saturated heterocycles. The summed E-state index contributed by atoms with van der Waals surface area (Å²) in [4.78, 5) is 44.8. The van der Waals surface area contributed by atoms with E-state index in [9.17, 15) is 14.4 Å². The SMILES string of the molecule is CCOCCNC(=O)c1cccc2c1-c1ccc(CCCC(=O)NCCC(C)C)cc1C2COC(=O)On1nnc2ccccc21. The number of carbonyl (C=O) groups is 3. The van der Waals surface area contributed by atoms with Crippen molar-refractivity contribution in [2.24, 2.45) is 5.92 Å². The van der Waals surface area contributed by atoms with Gasteiger partial charge < -0.3 is 20.1 Å². The number of para-hydroxylation sites is 1. The number of hydrogen-bond donors (Lipinski definition) is 2. The molecule has 1 atom stereocenters. The fourth-order valence-corrected chi connectivity index (χ4v) is 5.66. The fourth-order valence-electron chi connectivity index (χ4n) is 5.66. The lowest BCUT2D eigenvalue weighted by Gasteiger charge is -2.15. The van der Waals surface area contributed by atoms with Crippen molar-refractivity contribution in [1.29, 1.82) is 0 Å². The topological polar surface area (TPSA) is 134 Å². The van der Waals surface area contributed by atoms with Gasteiger partial charge in [0.25, 0.3) is 5.91 Å². The van der Waals surface area contributed by atoms with E-state index in [-0.39, 0.29) is 24.3 Å². The molecule has 3 aromatic carbocycles. The van der Waals surface area contributed by atoms with Crippen molar-refractivity contribution in [3.05, 3.63) is 82.9 Å². The van der Waals surface area contributed by atoms with Crippen LogP contribution in [0.3, 0.4) is 0 Å². The van der Waals surface area contributed by atoms with Crippen LogP contribution in [0.2, 0.25) is 0 Å². The average molecular weight is 628 g/mol. The first-order chi connectivity index (χ1) is 22.4. The highest BCUT2D eigenvalue weighted by atomic mass is 16.8. The predicted molar refractivity (Wildman–Crippen MR) is 173 cm³/mol. The van der Waals surface area contributed by atoms with E-state index >= 15 is 0 Å². The van der Waals surface area contributed by atoms with Crippen molar-refractivity contribution in [3.8, 4) is 11.1 Å². The quantitative estimate of drug-likeness (QED) is 0.106. The largest absolute Gasteiger partial charge is 0.535 e. The molecule has 11 heteroatoms. The number of nitrogens with one attached hydrogen (secondary N) is 2. The highest BCUT2D eigenvalue weighted by Crippen LogP contribution is 2.47. The molecule has 1 unspecified atom stereocenters. The molecular formula is C35H41N5O6. The van der Waals surface area contributed by atoms with E-state index in [2.05, 4.69) is 40.9 Å². The van der Waals surface area contributed by atoms with E-state index in [1.54, 1.807) is 24.3 Å². The van der Waals surface area contributed by atoms with Gasteiger partial charge in [-0.25, -0.2) is 4.79 Å². The Morgan fingerprint density at radius 1 is 0.978 bits per heavy atom.